The van der Waals surface area contributed by atoms with E-state index >= 15 is 0 Å². The van der Waals surface area contributed by atoms with Crippen molar-refractivity contribution in [3.8, 4) is 11.3 Å². The van der Waals surface area contributed by atoms with Crippen LogP contribution < -0.4 is 5.32 Å². The van der Waals surface area contributed by atoms with Gasteiger partial charge in [-0.25, -0.2) is 4.98 Å². The van der Waals surface area contributed by atoms with Crippen LogP contribution in [0, 0.1) is 10.1 Å². The van der Waals surface area contributed by atoms with Crippen LogP contribution in [0.2, 0.25) is 10.0 Å². The molecule has 2 heterocycles. The zero-order chi connectivity index (χ0) is 22.0. The number of nitro groups is 1. The van der Waals surface area contributed by atoms with Crippen LogP contribution in [0.3, 0.4) is 0 Å². The summed E-state index contributed by atoms with van der Waals surface area (Å²) in [6.45, 7) is 0. The molecule has 0 saturated heterocycles. The maximum Gasteiger partial charge on any atom is 0.293 e. The topological polar surface area (TPSA) is 98.3 Å². The number of anilines is 1. The van der Waals surface area contributed by atoms with Crippen LogP contribution in [-0.2, 0) is 6.42 Å². The molecule has 0 saturated carbocycles. The Labute approximate surface area is 190 Å². The highest BCUT2D eigenvalue weighted by atomic mass is 35.5. The molecule has 0 unspecified atom stereocenters. The number of furan rings is 1. The van der Waals surface area contributed by atoms with Crippen molar-refractivity contribution in [2.45, 2.75) is 6.42 Å². The first-order chi connectivity index (χ1) is 14.9. The van der Waals surface area contributed by atoms with E-state index in [4.69, 9.17) is 27.6 Å². The lowest BCUT2D eigenvalue weighted by atomic mass is 10.1. The highest BCUT2D eigenvalue weighted by molar-refractivity contribution is 7.15. The summed E-state index contributed by atoms with van der Waals surface area (Å²) in [4.78, 5) is 28.1. The van der Waals surface area contributed by atoms with Gasteiger partial charge in [-0.05, 0) is 29.8 Å². The highest BCUT2D eigenvalue weighted by Crippen LogP contribution is 2.28. The standard InChI is InChI=1S/C21H13Cl2N3O4S/c22-16-5-4-12(9-17(16)23)8-15-11-24-21(31-15)25-20(27)19-7-6-18(30-19)13-2-1-3-14(10-13)26(28)29/h1-7,9-11H,8H2,(H,24,25,27). The molecule has 4 aromatic rings. The average molecular weight is 474 g/mol. The summed E-state index contributed by atoms with van der Waals surface area (Å²) < 4.78 is 5.58. The van der Waals surface area contributed by atoms with Crippen molar-refractivity contribution in [2.75, 3.05) is 5.32 Å². The quantitative estimate of drug-likeness (QED) is 0.255. The number of halogens is 2. The number of rotatable bonds is 6. The van der Waals surface area contributed by atoms with Gasteiger partial charge in [-0.2, -0.15) is 0 Å². The molecule has 0 aliphatic rings. The van der Waals surface area contributed by atoms with Crippen molar-refractivity contribution < 1.29 is 14.1 Å². The van der Waals surface area contributed by atoms with E-state index in [0.29, 0.717) is 32.9 Å². The van der Waals surface area contributed by atoms with Crippen molar-refractivity contribution >= 4 is 51.3 Å². The lowest BCUT2D eigenvalue weighted by molar-refractivity contribution is -0.384. The summed E-state index contributed by atoms with van der Waals surface area (Å²) in [5, 5.41) is 15.0. The Balaban J connectivity index is 1.44. The molecule has 4 rings (SSSR count). The van der Waals surface area contributed by atoms with E-state index in [9.17, 15) is 14.9 Å². The molecule has 0 fully saturated rings. The smallest absolute Gasteiger partial charge is 0.293 e. The van der Waals surface area contributed by atoms with Gasteiger partial charge in [-0.1, -0.05) is 41.4 Å². The van der Waals surface area contributed by atoms with Crippen molar-refractivity contribution in [3.63, 3.8) is 0 Å². The Morgan fingerprint density at radius 2 is 1.97 bits per heavy atom. The molecule has 10 heteroatoms. The first kappa shape index (κ1) is 21.0. The van der Waals surface area contributed by atoms with E-state index in [1.807, 2.05) is 6.07 Å². The van der Waals surface area contributed by atoms with Gasteiger partial charge in [0, 0.05) is 35.2 Å². The number of amides is 1. The van der Waals surface area contributed by atoms with Crippen LogP contribution in [0.4, 0.5) is 10.8 Å². The van der Waals surface area contributed by atoms with Gasteiger partial charge in [-0.15, -0.1) is 11.3 Å². The molecule has 0 bridgehead atoms. The molecule has 156 valence electrons. The number of aromatic nitrogens is 1. The van der Waals surface area contributed by atoms with E-state index in [0.717, 1.165) is 10.4 Å². The predicted molar refractivity (Wildman–Crippen MR) is 120 cm³/mol. The molecule has 2 aromatic carbocycles. The van der Waals surface area contributed by atoms with E-state index in [-0.39, 0.29) is 11.4 Å². The molecule has 0 spiro atoms. The summed E-state index contributed by atoms with van der Waals surface area (Å²) >= 11 is 13.3. The molecular weight excluding hydrogens is 461 g/mol. The van der Waals surface area contributed by atoms with Gasteiger partial charge in [-0.3, -0.25) is 20.2 Å². The Kier molecular flexibility index (Phi) is 6.03. The number of hydrogen-bond acceptors (Lipinski definition) is 6. The molecule has 0 radical (unpaired) electrons. The number of nitrogens with one attached hydrogen (secondary N) is 1. The molecule has 0 aliphatic carbocycles. The van der Waals surface area contributed by atoms with E-state index < -0.39 is 10.8 Å². The van der Waals surface area contributed by atoms with Gasteiger partial charge < -0.3 is 4.42 Å². The molecule has 1 N–H and O–H groups in total. The second-order valence-corrected chi connectivity index (χ2v) is 8.41. The SMILES string of the molecule is O=C(Nc1ncc(Cc2ccc(Cl)c(Cl)c2)s1)c1ccc(-c2cccc([N+](=O)[O-])c2)o1. The third kappa shape index (κ3) is 4.93. The number of carbonyl (C=O) groups excluding carboxylic acids is 1. The number of benzene rings is 2. The van der Waals surface area contributed by atoms with Gasteiger partial charge in [0.15, 0.2) is 10.9 Å². The number of non-ortho nitro benzene ring substituents is 1. The molecule has 31 heavy (non-hydrogen) atoms. The third-order valence-corrected chi connectivity index (χ3v) is 5.96. The fraction of sp³-hybridized carbons (Fsp3) is 0.0476. The van der Waals surface area contributed by atoms with Crippen LogP contribution in [-0.4, -0.2) is 15.8 Å². The van der Waals surface area contributed by atoms with Crippen LogP contribution in [0.5, 0.6) is 0 Å². The lowest BCUT2D eigenvalue weighted by Gasteiger charge is -2.01. The van der Waals surface area contributed by atoms with Gasteiger partial charge >= 0.3 is 0 Å². The van der Waals surface area contributed by atoms with E-state index in [2.05, 4.69) is 10.3 Å². The number of nitro benzene ring substituents is 1. The minimum atomic E-state index is -0.488. The first-order valence-electron chi connectivity index (χ1n) is 8.94. The lowest BCUT2D eigenvalue weighted by Crippen LogP contribution is -2.10. The van der Waals surface area contributed by atoms with E-state index in [1.54, 1.807) is 36.5 Å². The molecule has 0 aliphatic heterocycles. The Bertz CT molecular complexity index is 1290. The zero-order valence-electron chi connectivity index (χ0n) is 15.7. The summed E-state index contributed by atoms with van der Waals surface area (Å²) in [6, 6.07) is 14.5. The van der Waals surface area contributed by atoms with Crippen molar-refractivity contribution in [1.29, 1.82) is 0 Å². The number of hydrogen-bond donors (Lipinski definition) is 1. The summed E-state index contributed by atoms with van der Waals surface area (Å²) in [7, 11) is 0. The largest absolute Gasteiger partial charge is 0.451 e. The predicted octanol–water partition coefficient (Wildman–Crippen LogP) is 6.46. The Morgan fingerprint density at radius 1 is 1.13 bits per heavy atom. The zero-order valence-corrected chi connectivity index (χ0v) is 18.0. The van der Waals surface area contributed by atoms with Gasteiger partial charge in [0.1, 0.15) is 5.76 Å². The average Bonchev–Trinajstić information content (AvgIpc) is 3.41. The summed E-state index contributed by atoms with van der Waals surface area (Å²) in [6.07, 6.45) is 2.28. The molecule has 2 aromatic heterocycles. The Hall–Kier alpha value is -3.20. The van der Waals surface area contributed by atoms with Gasteiger partial charge in [0.05, 0.1) is 15.0 Å². The molecule has 7 nitrogen and oxygen atoms in total. The third-order valence-electron chi connectivity index (χ3n) is 4.31. The van der Waals surface area contributed by atoms with Crippen LogP contribution in [0.25, 0.3) is 11.3 Å². The molecular formula is C21H13Cl2N3O4S. The van der Waals surface area contributed by atoms with Crippen molar-refractivity contribution in [1.82, 2.24) is 4.98 Å². The van der Waals surface area contributed by atoms with Gasteiger partial charge in [0.2, 0.25) is 0 Å². The van der Waals surface area contributed by atoms with Crippen LogP contribution in [0.1, 0.15) is 21.0 Å². The summed E-state index contributed by atoms with van der Waals surface area (Å²) in [5.41, 5.74) is 1.42. The number of thiazole rings is 1. The second kappa shape index (κ2) is 8.89. The highest BCUT2D eigenvalue weighted by Gasteiger charge is 2.16. The molecule has 0 atom stereocenters. The molecule has 1 amide bonds. The summed E-state index contributed by atoms with van der Waals surface area (Å²) in [5.74, 6) is -0.0387. The fourth-order valence-corrected chi connectivity index (χ4v) is 4.01. The Morgan fingerprint density at radius 3 is 2.74 bits per heavy atom. The minimum absolute atomic E-state index is 0.0582. The normalized spacial score (nSPS) is 10.8. The number of carbonyl (C=O) groups is 1. The second-order valence-electron chi connectivity index (χ2n) is 6.48. The minimum Gasteiger partial charge on any atom is -0.451 e. The van der Waals surface area contributed by atoms with Crippen LogP contribution >= 0.6 is 34.5 Å². The van der Waals surface area contributed by atoms with Crippen molar-refractivity contribution in [2.24, 2.45) is 0 Å². The maximum atomic E-state index is 12.5. The van der Waals surface area contributed by atoms with Crippen molar-refractivity contribution in [3.05, 3.63) is 97.2 Å². The maximum absolute atomic E-state index is 12.5. The monoisotopic (exact) mass is 473 g/mol. The van der Waals surface area contributed by atoms with Gasteiger partial charge in [0.25, 0.3) is 11.6 Å². The number of nitrogens with zero attached hydrogens (tertiary/aromatic N) is 2. The van der Waals surface area contributed by atoms with Crippen LogP contribution in [0.15, 0.2) is 65.2 Å². The first-order valence-corrected chi connectivity index (χ1v) is 10.5. The fourth-order valence-electron chi connectivity index (χ4n) is 2.84. The van der Waals surface area contributed by atoms with E-state index in [1.165, 1.54) is 29.5 Å².